The molecule has 1 aromatic heterocycles. The second-order valence-corrected chi connectivity index (χ2v) is 13.1. The Morgan fingerprint density at radius 1 is 0.932 bits per heavy atom. The summed E-state index contributed by atoms with van der Waals surface area (Å²) in [6.07, 6.45) is 2.63. The lowest BCUT2D eigenvalue weighted by atomic mass is 9.51. The number of amides is 4. The minimum absolute atomic E-state index is 0.168. The SMILES string of the molecule is COc1cc(C2C3=CCC4C(=O)N(Cc5cccs5)C(=O)C4C3CC3C(=O)N(c4ccccc4)C(=O)C32C)cc(OC)c1O. The van der Waals surface area contributed by atoms with Crippen LogP contribution in [0.2, 0.25) is 0 Å². The first-order valence-corrected chi connectivity index (χ1v) is 15.5. The van der Waals surface area contributed by atoms with E-state index in [1.54, 1.807) is 36.4 Å². The fourth-order valence-corrected chi connectivity index (χ4v) is 8.77. The van der Waals surface area contributed by atoms with Gasteiger partial charge in [-0.3, -0.25) is 24.1 Å². The fraction of sp³-hybridized carbons (Fsp3) is 0.353. The van der Waals surface area contributed by atoms with E-state index >= 15 is 0 Å². The smallest absolute Gasteiger partial charge is 0.241 e. The third kappa shape index (κ3) is 3.89. The topological polar surface area (TPSA) is 113 Å². The number of fused-ring (bicyclic) bond motifs is 4. The molecule has 3 aromatic rings. The van der Waals surface area contributed by atoms with Gasteiger partial charge in [-0.25, -0.2) is 4.90 Å². The minimum atomic E-state index is -1.21. The van der Waals surface area contributed by atoms with E-state index in [4.69, 9.17) is 9.47 Å². The van der Waals surface area contributed by atoms with Crippen LogP contribution in [0.5, 0.6) is 17.2 Å². The van der Waals surface area contributed by atoms with Crippen LogP contribution in [0.15, 0.2) is 71.6 Å². The molecule has 2 aliphatic heterocycles. The Bertz CT molecular complexity index is 1690. The summed E-state index contributed by atoms with van der Waals surface area (Å²) in [6.45, 7) is 2.05. The van der Waals surface area contributed by atoms with Crippen LogP contribution in [-0.4, -0.2) is 47.9 Å². The van der Waals surface area contributed by atoms with Crippen molar-refractivity contribution < 1.29 is 33.8 Å². The van der Waals surface area contributed by atoms with Crippen LogP contribution < -0.4 is 14.4 Å². The number of nitrogens with zero attached hydrogens (tertiary/aromatic N) is 2. The maximum absolute atomic E-state index is 14.5. The number of benzene rings is 2. The van der Waals surface area contributed by atoms with E-state index in [0.717, 1.165) is 10.5 Å². The number of phenolic OH excluding ortho intramolecular Hbond substituents is 1. The first-order chi connectivity index (χ1) is 21.2. The lowest BCUT2D eigenvalue weighted by Crippen LogP contribution is -2.48. The number of hydrogen-bond acceptors (Lipinski definition) is 8. The highest BCUT2D eigenvalue weighted by Crippen LogP contribution is 2.64. The standard InChI is InChI=1S/C34H32N2O7S/c1-34-24(31(39)36(33(34)41)19-8-5-4-6-9-19)16-23-21(28(34)18-14-25(42-2)29(37)26(15-18)43-3)11-12-22-27(23)32(40)35(30(22)38)17-20-10-7-13-44-20/h4-11,13-15,22-24,27-28,37H,12,16-17H2,1-3H3. The summed E-state index contributed by atoms with van der Waals surface area (Å²) >= 11 is 1.50. The molecule has 1 saturated carbocycles. The Hall–Kier alpha value is -4.44. The van der Waals surface area contributed by atoms with Gasteiger partial charge in [0.05, 0.1) is 49.6 Å². The number of methoxy groups -OCH3 is 2. The Balaban J connectivity index is 1.38. The number of thiophene rings is 1. The first kappa shape index (κ1) is 28.3. The average molecular weight is 613 g/mol. The molecule has 2 aromatic carbocycles. The Labute approximate surface area is 258 Å². The third-order valence-corrected chi connectivity index (χ3v) is 11.0. The minimum Gasteiger partial charge on any atom is -0.502 e. The number of aromatic hydroxyl groups is 1. The van der Waals surface area contributed by atoms with Gasteiger partial charge in [-0.05, 0) is 67.0 Å². The van der Waals surface area contributed by atoms with Crippen molar-refractivity contribution >= 4 is 40.7 Å². The van der Waals surface area contributed by atoms with Gasteiger partial charge in [0.2, 0.25) is 29.4 Å². The van der Waals surface area contributed by atoms with Crippen molar-refractivity contribution in [2.75, 3.05) is 19.1 Å². The number of imide groups is 2. The molecule has 3 fully saturated rings. The van der Waals surface area contributed by atoms with E-state index in [1.165, 1.54) is 35.4 Å². The third-order valence-electron chi connectivity index (χ3n) is 10.1. The van der Waals surface area contributed by atoms with Gasteiger partial charge in [0.1, 0.15) is 0 Å². The molecule has 0 radical (unpaired) electrons. The van der Waals surface area contributed by atoms with E-state index in [2.05, 4.69) is 0 Å². The summed E-state index contributed by atoms with van der Waals surface area (Å²) in [4.78, 5) is 60.0. The van der Waals surface area contributed by atoms with Gasteiger partial charge >= 0.3 is 0 Å². The van der Waals surface area contributed by atoms with Gasteiger partial charge in [0.25, 0.3) is 0 Å². The molecule has 2 saturated heterocycles. The number of ether oxygens (including phenoxy) is 2. The van der Waals surface area contributed by atoms with Crippen LogP contribution >= 0.6 is 11.3 Å². The zero-order valence-corrected chi connectivity index (χ0v) is 25.4. The van der Waals surface area contributed by atoms with Crippen LogP contribution in [0.25, 0.3) is 0 Å². The van der Waals surface area contributed by atoms with Gasteiger partial charge in [-0.2, -0.15) is 0 Å². The molecule has 0 bridgehead atoms. The van der Waals surface area contributed by atoms with Crippen molar-refractivity contribution in [3.05, 3.63) is 82.1 Å². The number of allylic oxidation sites excluding steroid dienone is 2. The number of hydrogen-bond donors (Lipinski definition) is 1. The van der Waals surface area contributed by atoms with Crippen molar-refractivity contribution in [2.24, 2.45) is 29.1 Å². The summed E-state index contributed by atoms with van der Waals surface area (Å²) in [5.74, 6) is -3.90. The molecule has 3 heterocycles. The van der Waals surface area contributed by atoms with Crippen molar-refractivity contribution in [3.63, 3.8) is 0 Å². The highest BCUT2D eigenvalue weighted by atomic mass is 32.1. The Morgan fingerprint density at radius 3 is 2.27 bits per heavy atom. The fourth-order valence-electron chi connectivity index (χ4n) is 8.08. The van der Waals surface area contributed by atoms with Crippen LogP contribution in [0, 0.1) is 29.1 Å². The molecule has 4 aliphatic rings. The molecule has 4 amide bonds. The Kier molecular flexibility index (Phi) is 6.65. The number of likely N-dealkylation sites (tertiary alicyclic amines) is 1. The normalized spacial score (nSPS) is 29.3. The number of rotatable bonds is 6. The molecule has 0 spiro atoms. The van der Waals surface area contributed by atoms with Crippen molar-refractivity contribution in [1.82, 2.24) is 4.90 Å². The Morgan fingerprint density at radius 2 is 1.64 bits per heavy atom. The van der Waals surface area contributed by atoms with Crippen LogP contribution in [0.4, 0.5) is 5.69 Å². The molecular weight excluding hydrogens is 580 g/mol. The average Bonchev–Trinajstić information content (AvgIpc) is 3.69. The van der Waals surface area contributed by atoms with E-state index in [-0.39, 0.29) is 53.8 Å². The van der Waals surface area contributed by atoms with Gasteiger partial charge in [-0.15, -0.1) is 11.3 Å². The molecule has 1 N–H and O–H groups in total. The van der Waals surface area contributed by atoms with Crippen molar-refractivity contribution in [3.8, 4) is 17.2 Å². The number of carbonyl (C=O) groups is 4. The molecule has 2 aliphatic carbocycles. The predicted octanol–water partition coefficient (Wildman–Crippen LogP) is 4.90. The van der Waals surface area contributed by atoms with Gasteiger partial charge in [0.15, 0.2) is 11.5 Å². The molecule has 9 nitrogen and oxygen atoms in total. The van der Waals surface area contributed by atoms with E-state index in [1.807, 2.05) is 36.6 Å². The van der Waals surface area contributed by atoms with E-state index in [0.29, 0.717) is 17.7 Å². The number of carbonyl (C=O) groups excluding carboxylic acids is 4. The highest BCUT2D eigenvalue weighted by molar-refractivity contribution is 7.09. The van der Waals surface area contributed by atoms with Crippen LogP contribution in [-0.2, 0) is 25.7 Å². The molecule has 7 rings (SSSR count). The number of phenols is 1. The lowest BCUT2D eigenvalue weighted by Gasteiger charge is -2.49. The summed E-state index contributed by atoms with van der Waals surface area (Å²) < 4.78 is 11.0. The van der Waals surface area contributed by atoms with Crippen LogP contribution in [0.3, 0.4) is 0 Å². The summed E-state index contributed by atoms with van der Waals surface area (Å²) in [7, 11) is 2.87. The predicted molar refractivity (Wildman–Crippen MR) is 162 cm³/mol. The lowest BCUT2D eigenvalue weighted by molar-refractivity contribution is -0.141. The van der Waals surface area contributed by atoms with Gasteiger partial charge in [0, 0.05) is 10.8 Å². The first-order valence-electron chi connectivity index (χ1n) is 14.7. The maximum Gasteiger partial charge on any atom is 0.241 e. The molecule has 44 heavy (non-hydrogen) atoms. The van der Waals surface area contributed by atoms with Crippen molar-refractivity contribution in [1.29, 1.82) is 0 Å². The molecule has 6 atom stereocenters. The largest absolute Gasteiger partial charge is 0.502 e. The maximum atomic E-state index is 14.5. The summed E-state index contributed by atoms with van der Waals surface area (Å²) in [5.41, 5.74) is 0.760. The quantitative estimate of drug-likeness (QED) is 0.311. The number of anilines is 1. The summed E-state index contributed by atoms with van der Waals surface area (Å²) in [6, 6.07) is 16.0. The van der Waals surface area contributed by atoms with E-state index in [9.17, 15) is 24.3 Å². The highest BCUT2D eigenvalue weighted by Gasteiger charge is 2.67. The molecule has 226 valence electrons. The second-order valence-electron chi connectivity index (χ2n) is 12.1. The van der Waals surface area contributed by atoms with Crippen molar-refractivity contribution in [2.45, 2.75) is 32.2 Å². The summed E-state index contributed by atoms with van der Waals surface area (Å²) in [5, 5.41) is 12.6. The monoisotopic (exact) mass is 612 g/mol. The second kappa shape index (κ2) is 10.3. The molecule has 6 unspecified atom stereocenters. The zero-order chi connectivity index (χ0) is 30.9. The number of para-hydroxylation sites is 1. The van der Waals surface area contributed by atoms with E-state index < -0.39 is 35.0 Å². The van der Waals surface area contributed by atoms with Crippen LogP contribution in [0.1, 0.15) is 36.1 Å². The zero-order valence-electron chi connectivity index (χ0n) is 24.6. The van der Waals surface area contributed by atoms with Gasteiger partial charge in [-0.1, -0.05) is 35.9 Å². The van der Waals surface area contributed by atoms with Gasteiger partial charge < -0.3 is 14.6 Å². The molecular formula is C34H32N2O7S. The molecule has 10 heteroatoms.